The van der Waals surface area contributed by atoms with Crippen LogP contribution in [0.4, 0.5) is 26.3 Å². The van der Waals surface area contributed by atoms with E-state index in [1.54, 1.807) is 0 Å². The number of aliphatic hydroxyl groups is 1. The zero-order valence-electron chi connectivity index (χ0n) is 8.26. The Morgan fingerprint density at radius 2 is 1.50 bits per heavy atom. The van der Waals surface area contributed by atoms with E-state index in [1.807, 2.05) is 0 Å². The van der Waals surface area contributed by atoms with Gasteiger partial charge in [0.25, 0.3) is 5.60 Å². The summed E-state index contributed by atoms with van der Waals surface area (Å²) in [7, 11) is 0. The summed E-state index contributed by atoms with van der Waals surface area (Å²) in [6.07, 6.45) is -0.0139. The lowest BCUT2D eigenvalue weighted by molar-refractivity contribution is -0.501. The second-order valence-electron chi connectivity index (χ2n) is 3.75. The molecule has 0 saturated heterocycles. The molecule has 0 unspecified atom stereocenters. The van der Waals surface area contributed by atoms with Crippen molar-refractivity contribution in [3.8, 4) is 0 Å². The number of carbonyl (C=O) groups excluding carboxylic acids is 1. The first-order chi connectivity index (χ1) is 8.04. The van der Waals surface area contributed by atoms with E-state index in [9.17, 15) is 36.2 Å². The number of alkyl halides is 6. The van der Waals surface area contributed by atoms with Gasteiger partial charge in [0, 0.05) is 0 Å². The molecule has 3 nitrogen and oxygen atoms in total. The highest BCUT2D eigenvalue weighted by Crippen LogP contribution is 2.70. The summed E-state index contributed by atoms with van der Waals surface area (Å²) in [5.74, 6) is -18.7. The lowest BCUT2D eigenvalue weighted by atomic mass is 9.66. The van der Waals surface area contributed by atoms with Crippen LogP contribution in [-0.4, -0.2) is 29.2 Å². The predicted octanol–water partition coefficient (Wildman–Crippen LogP) is 2.20. The minimum absolute atomic E-state index is 0.0139. The molecule has 1 aliphatic rings. The Morgan fingerprint density at radius 1 is 1.00 bits per heavy atom. The molecule has 1 aliphatic carbocycles. The molecule has 1 fully saturated rings. The summed E-state index contributed by atoms with van der Waals surface area (Å²) in [5, 5.41) is 9.19. The van der Waals surface area contributed by atoms with Crippen LogP contribution in [0.3, 0.4) is 0 Å². The summed E-state index contributed by atoms with van der Waals surface area (Å²) in [6.45, 7) is 0. The Kier molecular flexibility index (Phi) is 2.21. The van der Waals surface area contributed by atoms with Crippen molar-refractivity contribution in [2.24, 2.45) is 0 Å². The van der Waals surface area contributed by atoms with E-state index < -0.39 is 34.9 Å². The Bertz CT molecular complexity index is 488. The predicted molar refractivity (Wildman–Crippen MR) is 42.8 cm³/mol. The lowest BCUT2D eigenvalue weighted by Gasteiger charge is -2.54. The molecule has 18 heavy (non-hydrogen) atoms. The molecular formula is C9H4F6O3. The highest BCUT2D eigenvalue weighted by Gasteiger charge is 3.00. The van der Waals surface area contributed by atoms with Crippen LogP contribution in [0, 0.1) is 0 Å². The fraction of sp³-hybridized carbons (Fsp3) is 0.444. The maximum atomic E-state index is 13.0. The topological polar surface area (TPSA) is 50.4 Å². The maximum Gasteiger partial charge on any atom is 0.379 e. The highest BCUT2D eigenvalue weighted by molar-refractivity contribution is 5.70. The fourth-order valence-corrected chi connectivity index (χ4v) is 1.71. The number of aldehydes is 1. The molecule has 1 heterocycles. The van der Waals surface area contributed by atoms with Crippen LogP contribution in [-0.2, 0) is 5.60 Å². The third-order valence-corrected chi connectivity index (χ3v) is 2.80. The molecule has 1 aromatic rings. The van der Waals surface area contributed by atoms with E-state index in [1.165, 1.54) is 0 Å². The zero-order valence-corrected chi connectivity index (χ0v) is 8.26. The molecule has 1 aromatic heterocycles. The molecule has 0 radical (unpaired) electrons. The Balaban J connectivity index is 2.58. The minimum atomic E-state index is -5.71. The van der Waals surface area contributed by atoms with E-state index in [4.69, 9.17) is 0 Å². The molecule has 100 valence electrons. The molecule has 0 aliphatic heterocycles. The molecule has 1 saturated carbocycles. The van der Waals surface area contributed by atoms with Gasteiger partial charge >= 0.3 is 17.8 Å². The van der Waals surface area contributed by atoms with Crippen molar-refractivity contribution in [3.05, 3.63) is 23.7 Å². The van der Waals surface area contributed by atoms with Crippen LogP contribution in [0.1, 0.15) is 16.3 Å². The molecule has 2 rings (SSSR count). The number of furan rings is 1. The molecule has 0 amide bonds. The van der Waals surface area contributed by atoms with E-state index >= 15 is 0 Å². The largest absolute Gasteiger partial charge is 0.455 e. The first-order valence-electron chi connectivity index (χ1n) is 4.45. The van der Waals surface area contributed by atoms with Gasteiger partial charge in [0.2, 0.25) is 0 Å². The van der Waals surface area contributed by atoms with Gasteiger partial charge in [-0.1, -0.05) is 0 Å². The fourth-order valence-electron chi connectivity index (χ4n) is 1.71. The summed E-state index contributed by atoms with van der Waals surface area (Å²) in [5.41, 5.74) is -4.48. The number of carbonyl (C=O) groups is 1. The molecular weight excluding hydrogens is 270 g/mol. The van der Waals surface area contributed by atoms with Crippen molar-refractivity contribution in [3.63, 3.8) is 0 Å². The van der Waals surface area contributed by atoms with Crippen molar-refractivity contribution in [1.29, 1.82) is 0 Å². The highest BCUT2D eigenvalue weighted by atomic mass is 19.4. The van der Waals surface area contributed by atoms with Crippen molar-refractivity contribution in [2.75, 3.05) is 0 Å². The Morgan fingerprint density at radius 3 is 1.89 bits per heavy atom. The SMILES string of the molecule is O=Cc1ccc(C2(O)C(F)(F)C(F)(F)C2(F)F)o1. The van der Waals surface area contributed by atoms with Gasteiger partial charge in [-0.15, -0.1) is 0 Å². The van der Waals surface area contributed by atoms with Gasteiger partial charge in [0.15, 0.2) is 12.0 Å². The van der Waals surface area contributed by atoms with E-state index in [0.29, 0.717) is 12.1 Å². The van der Waals surface area contributed by atoms with Gasteiger partial charge in [-0.3, -0.25) is 4.79 Å². The molecule has 0 spiro atoms. The first kappa shape index (κ1) is 12.9. The van der Waals surface area contributed by atoms with Gasteiger partial charge in [0.05, 0.1) is 0 Å². The molecule has 0 bridgehead atoms. The second-order valence-corrected chi connectivity index (χ2v) is 3.75. The lowest BCUT2D eigenvalue weighted by Crippen LogP contribution is -2.84. The van der Waals surface area contributed by atoms with E-state index in [2.05, 4.69) is 4.42 Å². The third kappa shape index (κ3) is 0.995. The average molecular weight is 274 g/mol. The van der Waals surface area contributed by atoms with Crippen LogP contribution < -0.4 is 0 Å². The molecule has 9 heteroatoms. The Labute approximate surface area is 95.0 Å². The van der Waals surface area contributed by atoms with Crippen molar-refractivity contribution in [2.45, 2.75) is 23.4 Å². The van der Waals surface area contributed by atoms with Crippen molar-refractivity contribution < 1.29 is 40.7 Å². The average Bonchev–Trinajstić information content (AvgIpc) is 2.74. The zero-order chi connectivity index (χ0) is 14.0. The summed E-state index contributed by atoms with van der Waals surface area (Å²) in [4.78, 5) is 10.2. The van der Waals surface area contributed by atoms with Crippen LogP contribution in [0.25, 0.3) is 0 Å². The molecule has 1 N–H and O–H groups in total. The van der Waals surface area contributed by atoms with Crippen molar-refractivity contribution in [1.82, 2.24) is 0 Å². The van der Waals surface area contributed by atoms with Crippen LogP contribution >= 0.6 is 0 Å². The normalized spacial score (nSPS) is 26.4. The van der Waals surface area contributed by atoms with Gasteiger partial charge < -0.3 is 9.52 Å². The number of hydrogen-bond donors (Lipinski definition) is 1. The van der Waals surface area contributed by atoms with E-state index in [0.717, 1.165) is 0 Å². The number of hydrogen-bond acceptors (Lipinski definition) is 3. The summed E-state index contributed by atoms with van der Waals surface area (Å²) >= 11 is 0. The smallest absolute Gasteiger partial charge is 0.379 e. The van der Waals surface area contributed by atoms with E-state index in [-0.39, 0.29) is 6.29 Å². The van der Waals surface area contributed by atoms with Gasteiger partial charge in [-0.25, -0.2) is 0 Å². The molecule has 0 atom stereocenters. The summed E-state index contributed by atoms with van der Waals surface area (Å²) in [6, 6.07) is 1.11. The standard InChI is InChI=1S/C9H4F6O3/c10-7(11)6(17,8(12,13)9(7,14)15)5-2-1-4(3-16)18-5/h1-3,17H. The maximum absolute atomic E-state index is 13.0. The first-order valence-corrected chi connectivity index (χ1v) is 4.45. The minimum Gasteiger partial charge on any atom is -0.455 e. The van der Waals surface area contributed by atoms with Gasteiger partial charge in [-0.2, -0.15) is 26.3 Å². The van der Waals surface area contributed by atoms with Crippen LogP contribution in [0.2, 0.25) is 0 Å². The third-order valence-electron chi connectivity index (χ3n) is 2.80. The van der Waals surface area contributed by atoms with Crippen LogP contribution in [0.5, 0.6) is 0 Å². The second kappa shape index (κ2) is 3.08. The van der Waals surface area contributed by atoms with Crippen molar-refractivity contribution >= 4 is 6.29 Å². The Hall–Kier alpha value is -1.51. The number of halogens is 6. The van der Waals surface area contributed by atoms with Gasteiger partial charge in [-0.05, 0) is 12.1 Å². The van der Waals surface area contributed by atoms with Gasteiger partial charge in [0.1, 0.15) is 5.76 Å². The quantitative estimate of drug-likeness (QED) is 0.664. The molecule has 0 aromatic carbocycles. The summed E-state index contributed by atoms with van der Waals surface area (Å²) < 4.78 is 81.5. The van der Waals surface area contributed by atoms with Crippen LogP contribution in [0.15, 0.2) is 16.5 Å². The number of rotatable bonds is 2. The monoisotopic (exact) mass is 274 g/mol.